The minimum Gasteiger partial charge on any atom is -0.481 e. The van der Waals surface area contributed by atoms with Gasteiger partial charge in [-0.25, -0.2) is 4.79 Å². The fourth-order valence-electron chi connectivity index (χ4n) is 2.64. The summed E-state index contributed by atoms with van der Waals surface area (Å²) in [6.45, 7) is 0.948. The van der Waals surface area contributed by atoms with Crippen LogP contribution < -0.4 is 5.32 Å². The van der Waals surface area contributed by atoms with E-state index in [2.05, 4.69) is 15.5 Å². The molecule has 2 amide bonds. The van der Waals surface area contributed by atoms with Gasteiger partial charge in [-0.2, -0.15) is 4.98 Å². The van der Waals surface area contributed by atoms with Gasteiger partial charge in [-0.05, 0) is 37.1 Å². The highest BCUT2D eigenvalue weighted by molar-refractivity contribution is 6.30. The first-order valence-corrected chi connectivity index (χ1v) is 8.25. The van der Waals surface area contributed by atoms with Crippen molar-refractivity contribution in [1.29, 1.82) is 0 Å². The summed E-state index contributed by atoms with van der Waals surface area (Å²) in [5.74, 6) is -0.468. The van der Waals surface area contributed by atoms with Crippen molar-refractivity contribution in [2.45, 2.75) is 19.4 Å². The van der Waals surface area contributed by atoms with Gasteiger partial charge in [0.1, 0.15) is 0 Å². The molecule has 1 fully saturated rings. The van der Waals surface area contributed by atoms with Crippen LogP contribution in [0.3, 0.4) is 0 Å². The molecule has 0 bridgehead atoms. The van der Waals surface area contributed by atoms with Crippen molar-refractivity contribution < 1.29 is 19.2 Å². The Bertz CT molecular complexity index is 754. The normalized spacial score (nSPS) is 15.2. The summed E-state index contributed by atoms with van der Waals surface area (Å²) >= 11 is 5.84. The Kier molecular flexibility index (Phi) is 5.18. The maximum atomic E-state index is 12.1. The minimum atomic E-state index is -0.805. The van der Waals surface area contributed by atoms with Gasteiger partial charge in [0, 0.05) is 23.7 Å². The molecule has 9 heteroatoms. The average molecular weight is 365 g/mol. The molecule has 25 heavy (non-hydrogen) atoms. The van der Waals surface area contributed by atoms with Crippen molar-refractivity contribution in [2.75, 3.05) is 13.1 Å². The molecule has 0 atom stereocenters. The maximum absolute atomic E-state index is 12.1. The summed E-state index contributed by atoms with van der Waals surface area (Å²) in [4.78, 5) is 28.9. The molecular weight excluding hydrogens is 348 g/mol. The lowest BCUT2D eigenvalue weighted by molar-refractivity contribution is -0.143. The second-order valence-electron chi connectivity index (χ2n) is 5.78. The molecule has 1 aromatic heterocycles. The lowest BCUT2D eigenvalue weighted by Gasteiger charge is -2.29. The van der Waals surface area contributed by atoms with E-state index in [9.17, 15) is 9.59 Å². The van der Waals surface area contributed by atoms with Crippen molar-refractivity contribution in [3.8, 4) is 11.4 Å². The first-order valence-electron chi connectivity index (χ1n) is 7.87. The number of likely N-dealkylation sites (tertiary alicyclic amines) is 1. The largest absolute Gasteiger partial charge is 0.481 e. The van der Waals surface area contributed by atoms with E-state index in [4.69, 9.17) is 21.2 Å². The molecule has 0 unspecified atom stereocenters. The van der Waals surface area contributed by atoms with Gasteiger partial charge >= 0.3 is 12.0 Å². The molecule has 0 saturated carbocycles. The van der Waals surface area contributed by atoms with Crippen LogP contribution in [0.5, 0.6) is 0 Å². The molecule has 2 aromatic rings. The number of amides is 2. The molecule has 1 saturated heterocycles. The number of urea groups is 1. The van der Waals surface area contributed by atoms with Crippen molar-refractivity contribution in [3.05, 3.63) is 35.2 Å². The van der Waals surface area contributed by atoms with Crippen LogP contribution >= 0.6 is 11.6 Å². The molecule has 1 aliphatic heterocycles. The zero-order chi connectivity index (χ0) is 17.8. The van der Waals surface area contributed by atoms with E-state index < -0.39 is 5.97 Å². The van der Waals surface area contributed by atoms with Crippen LogP contribution in [0.4, 0.5) is 4.79 Å². The van der Waals surface area contributed by atoms with Crippen LogP contribution in [-0.4, -0.2) is 45.2 Å². The van der Waals surface area contributed by atoms with Gasteiger partial charge in [0.2, 0.25) is 11.7 Å². The molecule has 2 N–H and O–H groups in total. The molecule has 1 aromatic carbocycles. The number of aromatic nitrogens is 2. The predicted octanol–water partition coefficient (Wildman–Crippen LogP) is 2.40. The number of carbonyl (C=O) groups is 2. The van der Waals surface area contributed by atoms with E-state index >= 15 is 0 Å². The quantitative estimate of drug-likeness (QED) is 0.862. The Morgan fingerprint density at radius 1 is 1.28 bits per heavy atom. The topological polar surface area (TPSA) is 109 Å². The first-order chi connectivity index (χ1) is 12.0. The third kappa shape index (κ3) is 4.27. The summed E-state index contributed by atoms with van der Waals surface area (Å²) in [6.07, 6.45) is 0.925. The summed E-state index contributed by atoms with van der Waals surface area (Å²) in [6, 6.07) is 6.75. The third-order valence-corrected chi connectivity index (χ3v) is 4.34. The van der Waals surface area contributed by atoms with E-state index in [0.717, 1.165) is 5.56 Å². The smallest absolute Gasteiger partial charge is 0.317 e. The lowest BCUT2D eigenvalue weighted by Crippen LogP contribution is -2.45. The van der Waals surface area contributed by atoms with E-state index in [1.807, 2.05) is 0 Å². The number of halogens is 1. The molecule has 0 aliphatic carbocycles. The minimum absolute atomic E-state index is 0.109. The zero-order valence-corrected chi connectivity index (χ0v) is 14.1. The van der Waals surface area contributed by atoms with Crippen LogP contribution in [0.15, 0.2) is 28.8 Å². The Labute approximate surface area is 148 Å². The van der Waals surface area contributed by atoms with E-state index in [1.54, 1.807) is 29.2 Å². The van der Waals surface area contributed by atoms with Crippen molar-refractivity contribution >= 4 is 23.6 Å². The number of carbonyl (C=O) groups excluding carboxylic acids is 1. The average Bonchev–Trinajstić information content (AvgIpc) is 3.09. The van der Waals surface area contributed by atoms with E-state index in [-0.39, 0.29) is 18.5 Å². The SMILES string of the molecule is O=C(O)C1CCN(C(=O)NCc2nc(-c3ccc(Cl)cc3)no2)CC1. The van der Waals surface area contributed by atoms with Gasteiger partial charge in [-0.15, -0.1) is 0 Å². The Morgan fingerprint density at radius 2 is 1.96 bits per heavy atom. The lowest BCUT2D eigenvalue weighted by atomic mass is 9.97. The monoisotopic (exact) mass is 364 g/mol. The molecular formula is C16H17ClN4O4. The van der Waals surface area contributed by atoms with Gasteiger partial charge in [0.15, 0.2) is 0 Å². The molecule has 3 rings (SSSR count). The van der Waals surface area contributed by atoms with Gasteiger partial charge in [-0.1, -0.05) is 16.8 Å². The highest BCUT2D eigenvalue weighted by Crippen LogP contribution is 2.19. The van der Waals surface area contributed by atoms with Crippen LogP contribution in [0.1, 0.15) is 18.7 Å². The number of aliphatic carboxylic acids is 1. The molecule has 1 aliphatic rings. The maximum Gasteiger partial charge on any atom is 0.317 e. The number of hydrogen-bond donors (Lipinski definition) is 2. The number of rotatable bonds is 4. The fourth-order valence-corrected chi connectivity index (χ4v) is 2.76. The predicted molar refractivity (Wildman–Crippen MR) is 88.9 cm³/mol. The number of nitrogens with one attached hydrogen (secondary N) is 1. The van der Waals surface area contributed by atoms with Gasteiger partial charge in [0.25, 0.3) is 0 Å². The Morgan fingerprint density at radius 3 is 2.60 bits per heavy atom. The number of nitrogens with zero attached hydrogens (tertiary/aromatic N) is 3. The summed E-state index contributed by atoms with van der Waals surface area (Å²) in [5, 5.41) is 16.2. The standard InChI is InChI=1S/C16H17ClN4O4/c17-12-3-1-10(2-4-12)14-19-13(25-20-14)9-18-16(24)21-7-5-11(6-8-21)15(22)23/h1-4,11H,5-9H2,(H,18,24)(H,22,23). The van der Waals surface area contributed by atoms with Crippen molar-refractivity contribution in [1.82, 2.24) is 20.4 Å². The van der Waals surface area contributed by atoms with Crippen LogP contribution in [0.2, 0.25) is 5.02 Å². The van der Waals surface area contributed by atoms with Crippen molar-refractivity contribution in [3.63, 3.8) is 0 Å². The van der Waals surface area contributed by atoms with Crippen LogP contribution in [-0.2, 0) is 11.3 Å². The van der Waals surface area contributed by atoms with Crippen LogP contribution in [0, 0.1) is 5.92 Å². The highest BCUT2D eigenvalue weighted by Gasteiger charge is 2.27. The summed E-state index contributed by atoms with van der Waals surface area (Å²) in [7, 11) is 0. The molecule has 2 heterocycles. The molecule has 0 radical (unpaired) electrons. The molecule has 8 nitrogen and oxygen atoms in total. The Balaban J connectivity index is 1.51. The number of benzene rings is 1. The summed E-state index contributed by atoms with van der Waals surface area (Å²) < 4.78 is 5.13. The fraction of sp³-hybridized carbons (Fsp3) is 0.375. The number of piperidine rings is 1. The molecule has 0 spiro atoms. The number of hydrogen-bond acceptors (Lipinski definition) is 5. The zero-order valence-electron chi connectivity index (χ0n) is 13.3. The second kappa shape index (κ2) is 7.52. The van der Waals surface area contributed by atoms with Gasteiger partial charge in [0.05, 0.1) is 12.5 Å². The Hall–Kier alpha value is -2.61. The number of carboxylic acids is 1. The van der Waals surface area contributed by atoms with Gasteiger partial charge in [-0.3, -0.25) is 4.79 Å². The van der Waals surface area contributed by atoms with E-state index in [1.165, 1.54) is 0 Å². The van der Waals surface area contributed by atoms with Crippen molar-refractivity contribution in [2.24, 2.45) is 5.92 Å². The van der Waals surface area contributed by atoms with Gasteiger partial charge < -0.3 is 19.8 Å². The summed E-state index contributed by atoms with van der Waals surface area (Å²) in [5.41, 5.74) is 0.765. The van der Waals surface area contributed by atoms with E-state index in [0.29, 0.717) is 42.7 Å². The van der Waals surface area contributed by atoms with Crippen LogP contribution in [0.25, 0.3) is 11.4 Å². The first kappa shape index (κ1) is 17.2. The molecule has 132 valence electrons. The third-order valence-electron chi connectivity index (χ3n) is 4.09. The number of carboxylic acid groups (broad SMARTS) is 1. The second-order valence-corrected chi connectivity index (χ2v) is 6.21. The highest BCUT2D eigenvalue weighted by atomic mass is 35.5.